The van der Waals surface area contributed by atoms with Crippen molar-refractivity contribution in [1.82, 2.24) is 9.55 Å². The number of pyridine rings is 2. The van der Waals surface area contributed by atoms with Crippen LogP contribution in [0.25, 0.3) is 11.0 Å². The zero-order valence-corrected chi connectivity index (χ0v) is 15.9. The van der Waals surface area contributed by atoms with Crippen LogP contribution < -0.4 is 10.7 Å². The van der Waals surface area contributed by atoms with E-state index in [1.165, 1.54) is 22.8 Å². The van der Waals surface area contributed by atoms with Crippen molar-refractivity contribution < 1.29 is 27.5 Å². The Labute approximate surface area is 168 Å². The fourth-order valence-electron chi connectivity index (χ4n) is 2.92. The molecule has 3 aromatic rings. The van der Waals surface area contributed by atoms with Gasteiger partial charge < -0.3 is 14.6 Å². The fraction of sp³-hybridized carbons (Fsp3) is 0.200. The SMILES string of the molecule is COC(=O)c1cn(CC(=O)Nc2ccccc2C(F)(F)F)c2nc(C)ccc2c1=O. The first kappa shape index (κ1) is 21.0. The normalized spacial score (nSPS) is 11.4. The number of amides is 1. The molecule has 3 rings (SSSR count). The molecule has 156 valence electrons. The number of esters is 1. The molecule has 2 aromatic heterocycles. The molecule has 30 heavy (non-hydrogen) atoms. The van der Waals surface area contributed by atoms with Gasteiger partial charge in [-0.1, -0.05) is 12.1 Å². The lowest BCUT2D eigenvalue weighted by Crippen LogP contribution is -2.25. The summed E-state index contributed by atoms with van der Waals surface area (Å²) in [4.78, 5) is 41.2. The molecular weight excluding hydrogens is 403 g/mol. The molecule has 0 aliphatic carbocycles. The molecule has 0 spiro atoms. The third kappa shape index (κ3) is 4.17. The average Bonchev–Trinajstić information content (AvgIpc) is 2.69. The van der Waals surface area contributed by atoms with Crippen molar-refractivity contribution >= 4 is 28.6 Å². The largest absolute Gasteiger partial charge is 0.465 e. The van der Waals surface area contributed by atoms with Crippen LogP contribution in [0.4, 0.5) is 18.9 Å². The number of halogens is 3. The van der Waals surface area contributed by atoms with E-state index in [0.717, 1.165) is 25.4 Å². The number of nitrogens with one attached hydrogen (secondary N) is 1. The molecule has 10 heteroatoms. The molecule has 1 aromatic carbocycles. The number of rotatable bonds is 4. The van der Waals surface area contributed by atoms with Gasteiger partial charge in [0.25, 0.3) is 0 Å². The Hall–Kier alpha value is -3.69. The van der Waals surface area contributed by atoms with E-state index in [0.29, 0.717) is 5.69 Å². The maximum atomic E-state index is 13.2. The van der Waals surface area contributed by atoms with Crippen LogP contribution in [-0.2, 0) is 22.3 Å². The maximum absolute atomic E-state index is 13.2. The zero-order valence-electron chi connectivity index (χ0n) is 15.9. The maximum Gasteiger partial charge on any atom is 0.418 e. The van der Waals surface area contributed by atoms with E-state index in [1.54, 1.807) is 13.0 Å². The van der Waals surface area contributed by atoms with E-state index in [4.69, 9.17) is 0 Å². The summed E-state index contributed by atoms with van der Waals surface area (Å²) in [5, 5.41) is 2.30. The van der Waals surface area contributed by atoms with Gasteiger partial charge in [-0.3, -0.25) is 9.59 Å². The molecule has 0 aliphatic heterocycles. The second kappa shape index (κ2) is 7.97. The summed E-state index contributed by atoms with van der Waals surface area (Å²) in [7, 11) is 1.10. The highest BCUT2D eigenvalue weighted by Gasteiger charge is 2.33. The van der Waals surface area contributed by atoms with Crippen LogP contribution in [0.5, 0.6) is 0 Å². The predicted molar refractivity (Wildman–Crippen MR) is 102 cm³/mol. The Balaban J connectivity index is 2.03. The summed E-state index contributed by atoms with van der Waals surface area (Å²) in [6, 6.07) is 7.58. The number of para-hydroxylation sites is 1. The third-order valence-corrected chi connectivity index (χ3v) is 4.29. The Bertz CT molecular complexity index is 1200. The van der Waals surface area contributed by atoms with Gasteiger partial charge in [-0.05, 0) is 31.2 Å². The zero-order chi connectivity index (χ0) is 22.1. The molecule has 7 nitrogen and oxygen atoms in total. The number of hydrogen-bond donors (Lipinski definition) is 1. The number of alkyl halides is 3. The van der Waals surface area contributed by atoms with Gasteiger partial charge in [0.1, 0.15) is 17.8 Å². The summed E-state index contributed by atoms with van der Waals surface area (Å²) in [6.07, 6.45) is -3.54. The molecule has 0 aliphatic rings. The van der Waals surface area contributed by atoms with Gasteiger partial charge >= 0.3 is 12.1 Å². The lowest BCUT2D eigenvalue weighted by molar-refractivity contribution is -0.137. The molecule has 0 radical (unpaired) electrons. The van der Waals surface area contributed by atoms with Gasteiger partial charge in [-0.15, -0.1) is 0 Å². The van der Waals surface area contributed by atoms with Crippen LogP contribution in [0.1, 0.15) is 21.6 Å². The number of anilines is 1. The molecule has 0 unspecified atom stereocenters. The van der Waals surface area contributed by atoms with Crippen LogP contribution >= 0.6 is 0 Å². The molecule has 0 saturated carbocycles. The number of ether oxygens (including phenoxy) is 1. The van der Waals surface area contributed by atoms with Gasteiger partial charge in [0.2, 0.25) is 11.3 Å². The second-order valence-electron chi connectivity index (χ2n) is 6.41. The van der Waals surface area contributed by atoms with Crippen LogP contribution in [0.2, 0.25) is 0 Å². The third-order valence-electron chi connectivity index (χ3n) is 4.29. The smallest absolute Gasteiger partial charge is 0.418 e. The number of aryl methyl sites for hydroxylation is 1. The molecule has 0 bridgehead atoms. The summed E-state index contributed by atoms with van der Waals surface area (Å²) in [6.45, 7) is 1.19. The standard InChI is InChI=1S/C20H16F3N3O4/c1-11-7-8-12-17(28)13(19(29)30-2)9-26(18(12)24-11)10-16(27)25-15-6-4-3-5-14(15)20(21,22)23/h3-9H,10H2,1-2H3,(H,25,27). The van der Waals surface area contributed by atoms with E-state index in [-0.39, 0.29) is 16.6 Å². The van der Waals surface area contributed by atoms with Crippen LogP contribution in [0.3, 0.4) is 0 Å². The van der Waals surface area contributed by atoms with Crippen molar-refractivity contribution in [3.05, 3.63) is 69.6 Å². The highest BCUT2D eigenvalue weighted by molar-refractivity contribution is 5.95. The number of fused-ring (bicyclic) bond motifs is 1. The van der Waals surface area contributed by atoms with Crippen molar-refractivity contribution in [2.45, 2.75) is 19.6 Å². The van der Waals surface area contributed by atoms with Crippen molar-refractivity contribution in [1.29, 1.82) is 0 Å². The number of methoxy groups -OCH3 is 1. The van der Waals surface area contributed by atoms with E-state index < -0.39 is 41.3 Å². The molecule has 0 saturated heterocycles. The number of nitrogens with zero attached hydrogens (tertiary/aromatic N) is 2. The Kier molecular flexibility index (Phi) is 5.59. The molecule has 0 fully saturated rings. The van der Waals surface area contributed by atoms with Gasteiger partial charge in [-0.2, -0.15) is 13.2 Å². The molecule has 0 atom stereocenters. The Morgan fingerprint density at radius 2 is 1.87 bits per heavy atom. The predicted octanol–water partition coefficient (Wildman–Crippen LogP) is 3.15. The Morgan fingerprint density at radius 1 is 1.17 bits per heavy atom. The number of aromatic nitrogens is 2. The van der Waals surface area contributed by atoms with Crippen LogP contribution in [-0.4, -0.2) is 28.5 Å². The van der Waals surface area contributed by atoms with Gasteiger partial charge in [0.15, 0.2) is 0 Å². The van der Waals surface area contributed by atoms with Crippen molar-refractivity contribution in [3.63, 3.8) is 0 Å². The van der Waals surface area contributed by atoms with Gasteiger partial charge in [0, 0.05) is 11.9 Å². The minimum atomic E-state index is -4.65. The average molecular weight is 419 g/mol. The fourth-order valence-corrected chi connectivity index (χ4v) is 2.92. The summed E-state index contributed by atoms with van der Waals surface area (Å²) in [5.41, 5.74) is -1.68. The minimum Gasteiger partial charge on any atom is -0.465 e. The first-order valence-corrected chi connectivity index (χ1v) is 8.67. The van der Waals surface area contributed by atoms with E-state index in [2.05, 4.69) is 15.0 Å². The summed E-state index contributed by atoms with van der Waals surface area (Å²) < 4.78 is 45.3. The number of benzene rings is 1. The number of carbonyl (C=O) groups is 2. The first-order chi connectivity index (χ1) is 14.1. The van der Waals surface area contributed by atoms with E-state index in [9.17, 15) is 27.6 Å². The summed E-state index contributed by atoms with van der Waals surface area (Å²) in [5.74, 6) is -1.70. The van der Waals surface area contributed by atoms with Crippen molar-refractivity contribution in [3.8, 4) is 0 Å². The highest BCUT2D eigenvalue weighted by Crippen LogP contribution is 2.34. The Morgan fingerprint density at radius 3 is 2.53 bits per heavy atom. The summed E-state index contributed by atoms with van der Waals surface area (Å²) >= 11 is 0. The van der Waals surface area contributed by atoms with Crippen molar-refractivity contribution in [2.75, 3.05) is 12.4 Å². The molecule has 2 heterocycles. The van der Waals surface area contributed by atoms with E-state index in [1.807, 2.05) is 0 Å². The minimum absolute atomic E-state index is 0.0759. The lowest BCUT2D eigenvalue weighted by Gasteiger charge is -2.15. The first-order valence-electron chi connectivity index (χ1n) is 8.67. The molecule has 1 N–H and O–H groups in total. The molecular formula is C20H16F3N3O4. The highest BCUT2D eigenvalue weighted by atomic mass is 19.4. The molecule has 1 amide bonds. The topological polar surface area (TPSA) is 90.3 Å². The van der Waals surface area contributed by atoms with Gasteiger partial charge in [-0.25, -0.2) is 9.78 Å². The van der Waals surface area contributed by atoms with Gasteiger partial charge in [0.05, 0.1) is 23.7 Å². The monoisotopic (exact) mass is 419 g/mol. The second-order valence-corrected chi connectivity index (χ2v) is 6.41. The quantitative estimate of drug-likeness (QED) is 0.657. The number of carbonyl (C=O) groups excluding carboxylic acids is 2. The van der Waals surface area contributed by atoms with Crippen LogP contribution in [0, 0.1) is 6.92 Å². The lowest BCUT2D eigenvalue weighted by atomic mass is 10.1. The van der Waals surface area contributed by atoms with Crippen LogP contribution in [0.15, 0.2) is 47.4 Å². The van der Waals surface area contributed by atoms with E-state index >= 15 is 0 Å². The number of hydrogen-bond acceptors (Lipinski definition) is 5. The van der Waals surface area contributed by atoms with Crippen molar-refractivity contribution in [2.24, 2.45) is 0 Å².